The molecule has 0 aromatic heterocycles. The van der Waals surface area contributed by atoms with Crippen molar-refractivity contribution in [1.82, 2.24) is 0 Å². The van der Waals surface area contributed by atoms with Crippen LogP contribution in [0, 0.1) is 35.3 Å². The zero-order valence-corrected chi connectivity index (χ0v) is 20.4. The Labute approximate surface area is 199 Å². The summed E-state index contributed by atoms with van der Waals surface area (Å²) < 4.78 is 40.5. The molecule has 3 aliphatic rings. The van der Waals surface area contributed by atoms with Gasteiger partial charge in [-0.25, -0.2) is 4.39 Å². The van der Waals surface area contributed by atoms with E-state index in [-0.39, 0.29) is 11.7 Å². The zero-order valence-electron chi connectivity index (χ0n) is 20.4. The standard InChI is InChI=1S/C29H42F2O2/c1-3-5-6-20-7-17-26(33-19-20)24-14-10-22(11-15-24)21-8-12-23(13-9-21)25-16-18-27(32-4-2)29(31)28(25)30/h3,16,18,20-24,26H,1,4-15,17,19H2,2H3. The molecule has 1 aliphatic heterocycles. The van der Waals surface area contributed by atoms with Crippen LogP contribution in [0.4, 0.5) is 8.78 Å². The van der Waals surface area contributed by atoms with Crippen molar-refractivity contribution in [1.29, 1.82) is 0 Å². The van der Waals surface area contributed by atoms with Crippen LogP contribution >= 0.6 is 0 Å². The fraction of sp³-hybridized carbons (Fsp3) is 0.724. The summed E-state index contributed by atoms with van der Waals surface area (Å²) >= 11 is 0. The molecule has 4 rings (SSSR count). The van der Waals surface area contributed by atoms with E-state index >= 15 is 0 Å². The molecule has 4 heteroatoms. The second-order valence-electron chi connectivity index (χ2n) is 10.7. The third-order valence-corrected chi connectivity index (χ3v) is 8.78. The van der Waals surface area contributed by atoms with Crippen LogP contribution in [0.2, 0.25) is 0 Å². The Hall–Kier alpha value is -1.42. The molecule has 0 bridgehead atoms. The Morgan fingerprint density at radius 1 is 0.909 bits per heavy atom. The molecule has 33 heavy (non-hydrogen) atoms. The zero-order chi connectivity index (χ0) is 23.2. The summed E-state index contributed by atoms with van der Waals surface area (Å²) in [7, 11) is 0. The summed E-state index contributed by atoms with van der Waals surface area (Å²) in [6.07, 6.45) is 16.8. The molecule has 3 fully saturated rings. The van der Waals surface area contributed by atoms with Crippen LogP contribution in [0.15, 0.2) is 24.8 Å². The van der Waals surface area contributed by atoms with E-state index in [0.29, 0.717) is 18.3 Å². The van der Waals surface area contributed by atoms with E-state index in [9.17, 15) is 8.78 Å². The van der Waals surface area contributed by atoms with E-state index in [1.54, 1.807) is 19.1 Å². The van der Waals surface area contributed by atoms with Gasteiger partial charge in [0.25, 0.3) is 0 Å². The summed E-state index contributed by atoms with van der Waals surface area (Å²) in [5.74, 6) is 1.63. The minimum Gasteiger partial charge on any atom is -0.491 e. The molecule has 2 atom stereocenters. The minimum absolute atomic E-state index is 0.0263. The first-order valence-electron chi connectivity index (χ1n) is 13.4. The second-order valence-corrected chi connectivity index (χ2v) is 10.7. The van der Waals surface area contributed by atoms with Gasteiger partial charge in [0.2, 0.25) is 5.82 Å². The Kier molecular flexibility index (Phi) is 8.85. The van der Waals surface area contributed by atoms with Gasteiger partial charge in [-0.1, -0.05) is 12.1 Å². The average Bonchev–Trinajstić information content (AvgIpc) is 2.86. The van der Waals surface area contributed by atoms with Gasteiger partial charge in [0.15, 0.2) is 11.6 Å². The first kappa shape index (κ1) is 24.7. The van der Waals surface area contributed by atoms with Gasteiger partial charge < -0.3 is 9.47 Å². The van der Waals surface area contributed by atoms with Crippen LogP contribution in [0.5, 0.6) is 5.75 Å². The third-order valence-electron chi connectivity index (χ3n) is 8.78. The smallest absolute Gasteiger partial charge is 0.200 e. The highest BCUT2D eigenvalue weighted by Crippen LogP contribution is 2.46. The Morgan fingerprint density at radius 2 is 1.58 bits per heavy atom. The van der Waals surface area contributed by atoms with Gasteiger partial charge in [-0.2, -0.15) is 4.39 Å². The lowest BCUT2D eigenvalue weighted by Crippen LogP contribution is -2.35. The average molecular weight is 461 g/mol. The molecule has 2 aliphatic carbocycles. The maximum atomic E-state index is 14.7. The van der Waals surface area contributed by atoms with Crippen LogP contribution < -0.4 is 4.74 Å². The van der Waals surface area contributed by atoms with Gasteiger partial charge >= 0.3 is 0 Å². The van der Waals surface area contributed by atoms with Crippen LogP contribution in [-0.4, -0.2) is 19.3 Å². The molecular weight excluding hydrogens is 418 g/mol. The van der Waals surface area contributed by atoms with E-state index < -0.39 is 11.6 Å². The topological polar surface area (TPSA) is 18.5 Å². The molecule has 0 amide bonds. The van der Waals surface area contributed by atoms with Crippen molar-refractivity contribution in [3.8, 4) is 5.75 Å². The first-order valence-corrected chi connectivity index (χ1v) is 13.4. The quantitative estimate of drug-likeness (QED) is 0.364. The van der Waals surface area contributed by atoms with Crippen molar-refractivity contribution in [2.24, 2.45) is 23.7 Å². The van der Waals surface area contributed by atoms with Gasteiger partial charge in [0, 0.05) is 6.61 Å². The molecule has 1 aromatic rings. The molecule has 2 nitrogen and oxygen atoms in total. The SMILES string of the molecule is C=CCCC1CCC(C2CCC(C3CCC(c4ccc(OCC)c(F)c4F)CC3)CC2)OC1. The van der Waals surface area contributed by atoms with Crippen molar-refractivity contribution in [3.63, 3.8) is 0 Å². The summed E-state index contributed by atoms with van der Waals surface area (Å²) in [4.78, 5) is 0. The summed E-state index contributed by atoms with van der Waals surface area (Å²) in [5.41, 5.74) is 0.541. The van der Waals surface area contributed by atoms with E-state index in [1.807, 2.05) is 6.08 Å². The van der Waals surface area contributed by atoms with Gasteiger partial charge in [0.1, 0.15) is 0 Å². The Bertz CT molecular complexity index is 755. The third kappa shape index (κ3) is 5.99. The molecule has 1 heterocycles. The monoisotopic (exact) mass is 460 g/mol. The minimum atomic E-state index is -0.827. The Balaban J connectivity index is 1.22. The van der Waals surface area contributed by atoms with Crippen LogP contribution in [-0.2, 0) is 4.74 Å². The highest BCUT2D eigenvalue weighted by molar-refractivity contribution is 5.33. The molecular formula is C29H42F2O2. The van der Waals surface area contributed by atoms with Crippen molar-refractivity contribution >= 4 is 0 Å². The predicted molar refractivity (Wildman–Crippen MR) is 130 cm³/mol. The molecule has 1 saturated heterocycles. The Morgan fingerprint density at radius 3 is 2.18 bits per heavy atom. The van der Waals surface area contributed by atoms with E-state index in [0.717, 1.165) is 62.4 Å². The second kappa shape index (κ2) is 11.8. The molecule has 1 aromatic carbocycles. The number of halogens is 2. The van der Waals surface area contributed by atoms with Crippen LogP contribution in [0.1, 0.15) is 95.5 Å². The van der Waals surface area contributed by atoms with Gasteiger partial charge in [-0.05, 0) is 125 Å². The lowest BCUT2D eigenvalue weighted by atomic mass is 9.67. The highest BCUT2D eigenvalue weighted by atomic mass is 19.2. The lowest BCUT2D eigenvalue weighted by Gasteiger charge is -2.41. The molecule has 2 saturated carbocycles. The van der Waals surface area contributed by atoms with Crippen molar-refractivity contribution < 1.29 is 18.3 Å². The number of allylic oxidation sites excluding steroid dienone is 1. The summed E-state index contributed by atoms with van der Waals surface area (Å²) in [6, 6.07) is 3.34. The molecule has 0 N–H and O–H groups in total. The van der Waals surface area contributed by atoms with Gasteiger partial charge in [0.05, 0.1) is 12.7 Å². The fourth-order valence-electron chi connectivity index (χ4n) is 6.80. The van der Waals surface area contributed by atoms with Crippen LogP contribution in [0.3, 0.4) is 0 Å². The van der Waals surface area contributed by atoms with E-state index in [1.165, 1.54) is 44.9 Å². The largest absolute Gasteiger partial charge is 0.491 e. The summed E-state index contributed by atoms with van der Waals surface area (Å²) in [6.45, 7) is 6.89. The first-order chi connectivity index (χ1) is 16.1. The van der Waals surface area contributed by atoms with E-state index in [2.05, 4.69) is 6.58 Å². The van der Waals surface area contributed by atoms with Gasteiger partial charge in [-0.15, -0.1) is 6.58 Å². The highest BCUT2D eigenvalue weighted by Gasteiger charge is 2.36. The number of hydrogen-bond acceptors (Lipinski definition) is 2. The molecule has 0 spiro atoms. The normalized spacial score (nSPS) is 32.9. The number of ether oxygens (including phenoxy) is 2. The van der Waals surface area contributed by atoms with E-state index in [4.69, 9.17) is 9.47 Å². The summed E-state index contributed by atoms with van der Waals surface area (Å²) in [5, 5.41) is 0. The predicted octanol–water partition coefficient (Wildman–Crippen LogP) is 8.21. The number of benzene rings is 1. The maximum absolute atomic E-state index is 14.7. The van der Waals surface area contributed by atoms with Crippen LogP contribution in [0.25, 0.3) is 0 Å². The lowest BCUT2D eigenvalue weighted by molar-refractivity contribution is -0.0614. The van der Waals surface area contributed by atoms with Crippen molar-refractivity contribution in [2.45, 2.75) is 96.0 Å². The molecule has 184 valence electrons. The molecule has 2 unspecified atom stereocenters. The van der Waals surface area contributed by atoms with Crippen molar-refractivity contribution in [3.05, 3.63) is 42.0 Å². The fourth-order valence-corrected chi connectivity index (χ4v) is 6.80. The van der Waals surface area contributed by atoms with Gasteiger partial charge in [-0.3, -0.25) is 0 Å². The molecule has 0 radical (unpaired) electrons. The maximum Gasteiger partial charge on any atom is 0.200 e. The van der Waals surface area contributed by atoms with Crippen molar-refractivity contribution in [2.75, 3.05) is 13.2 Å². The number of hydrogen-bond donors (Lipinski definition) is 0. The number of rotatable bonds is 8.